The van der Waals surface area contributed by atoms with Gasteiger partial charge in [0.25, 0.3) is 5.88 Å². The fraction of sp³-hybridized carbons (Fsp3) is 0.533. The maximum Gasteiger partial charge on any atom is 0.256 e. The van der Waals surface area contributed by atoms with Crippen LogP contribution in [-0.2, 0) is 4.74 Å². The molecule has 2 aromatic rings. The second kappa shape index (κ2) is 6.82. The van der Waals surface area contributed by atoms with Gasteiger partial charge in [-0.15, -0.1) is 5.10 Å². The molecule has 8 nitrogen and oxygen atoms in total. The smallest absolute Gasteiger partial charge is 0.256 e. The van der Waals surface area contributed by atoms with Crippen LogP contribution in [0.15, 0.2) is 12.4 Å². The zero-order chi connectivity index (χ0) is 16.4. The molecule has 0 unspecified atom stereocenters. The van der Waals surface area contributed by atoms with Crippen LogP contribution in [0.5, 0.6) is 5.88 Å². The maximum atomic E-state index is 6.12. The quantitative estimate of drug-likeness (QED) is 0.817. The van der Waals surface area contributed by atoms with Crippen LogP contribution in [0.25, 0.3) is 0 Å². The third-order valence-electron chi connectivity index (χ3n) is 4.11. The molecule has 2 bridgehead atoms. The molecule has 4 rings (SSSR count). The Bertz CT molecular complexity index is 716. The average Bonchev–Trinajstić information content (AvgIpc) is 2.99. The number of fused-ring (bicyclic) bond motifs is 3. The summed E-state index contributed by atoms with van der Waals surface area (Å²) >= 11 is 6.12. The van der Waals surface area contributed by atoms with E-state index in [1.165, 1.54) is 0 Å². The van der Waals surface area contributed by atoms with E-state index < -0.39 is 0 Å². The number of nitrogens with zero attached hydrogens (tertiary/aromatic N) is 4. The van der Waals surface area contributed by atoms with Gasteiger partial charge in [0, 0.05) is 19.8 Å². The van der Waals surface area contributed by atoms with E-state index in [2.05, 4.69) is 25.7 Å². The summed E-state index contributed by atoms with van der Waals surface area (Å²) in [5, 5.41) is 11.5. The van der Waals surface area contributed by atoms with E-state index in [1.54, 1.807) is 6.20 Å². The van der Waals surface area contributed by atoms with Crippen LogP contribution in [0, 0.1) is 0 Å². The van der Waals surface area contributed by atoms with E-state index in [0.717, 1.165) is 38.2 Å². The Kier molecular flexibility index (Phi) is 4.40. The molecule has 4 heterocycles. The largest absolute Gasteiger partial charge is 0.475 e. The molecule has 1 fully saturated rings. The maximum absolute atomic E-state index is 6.12. The van der Waals surface area contributed by atoms with Crippen molar-refractivity contribution in [3.63, 3.8) is 0 Å². The molecule has 0 spiro atoms. The molecule has 24 heavy (non-hydrogen) atoms. The molecule has 0 aromatic carbocycles. The Morgan fingerprint density at radius 2 is 2.12 bits per heavy atom. The fourth-order valence-electron chi connectivity index (χ4n) is 2.82. The van der Waals surface area contributed by atoms with Crippen molar-refractivity contribution >= 4 is 29.1 Å². The first-order valence-corrected chi connectivity index (χ1v) is 8.50. The molecule has 0 amide bonds. The van der Waals surface area contributed by atoms with Crippen molar-refractivity contribution in [1.82, 2.24) is 19.7 Å². The molecule has 2 aliphatic rings. The second-order valence-corrected chi connectivity index (χ2v) is 6.22. The number of anilines is 3. The molecule has 0 radical (unpaired) electrons. The van der Waals surface area contributed by atoms with Crippen LogP contribution in [0.3, 0.4) is 0 Å². The van der Waals surface area contributed by atoms with Crippen molar-refractivity contribution in [2.45, 2.75) is 25.3 Å². The Balaban J connectivity index is 1.64. The van der Waals surface area contributed by atoms with Gasteiger partial charge in [0.1, 0.15) is 10.7 Å². The van der Waals surface area contributed by atoms with Gasteiger partial charge in [-0.1, -0.05) is 11.6 Å². The van der Waals surface area contributed by atoms with Crippen molar-refractivity contribution in [3.05, 3.63) is 17.4 Å². The third kappa shape index (κ3) is 3.25. The van der Waals surface area contributed by atoms with Crippen molar-refractivity contribution in [3.8, 4) is 5.88 Å². The molecule has 1 saturated heterocycles. The van der Waals surface area contributed by atoms with E-state index in [0.29, 0.717) is 41.9 Å². The summed E-state index contributed by atoms with van der Waals surface area (Å²) in [6.07, 6.45) is 6.26. The number of rotatable bonds is 1. The van der Waals surface area contributed by atoms with Crippen LogP contribution in [0.4, 0.5) is 17.5 Å². The lowest BCUT2D eigenvalue weighted by Gasteiger charge is -2.22. The number of aromatic nitrogens is 4. The number of nitrogens with one attached hydrogen (secondary N) is 2. The Labute approximate surface area is 144 Å². The Morgan fingerprint density at radius 1 is 1.25 bits per heavy atom. The summed E-state index contributed by atoms with van der Waals surface area (Å²) in [4.78, 5) is 8.65. The van der Waals surface area contributed by atoms with Gasteiger partial charge in [0.2, 0.25) is 5.95 Å². The molecular weight excluding hydrogens is 332 g/mol. The standard InChI is InChI=1S/C15H19ClN6O2/c16-11-8-18-15-19-12-9-22(10-2-6-23-7-3-10)21-14(12)24-5-1-4-17-13(11)20-15/h8-10H,1-7H2,(H2,17,18,19,20). The summed E-state index contributed by atoms with van der Waals surface area (Å²) in [6.45, 7) is 2.80. The number of hydrogen-bond acceptors (Lipinski definition) is 7. The first-order valence-electron chi connectivity index (χ1n) is 8.13. The topological polar surface area (TPSA) is 86.1 Å². The second-order valence-electron chi connectivity index (χ2n) is 5.82. The van der Waals surface area contributed by atoms with Gasteiger partial charge < -0.3 is 20.1 Å². The van der Waals surface area contributed by atoms with Gasteiger partial charge in [-0.25, -0.2) is 4.98 Å². The Morgan fingerprint density at radius 3 is 3.00 bits per heavy atom. The van der Waals surface area contributed by atoms with Crippen molar-refractivity contribution in [2.24, 2.45) is 0 Å². The van der Waals surface area contributed by atoms with Crippen LogP contribution in [0.2, 0.25) is 5.02 Å². The summed E-state index contributed by atoms with van der Waals surface area (Å²) < 4.78 is 13.2. The molecule has 2 aliphatic heterocycles. The summed E-state index contributed by atoms with van der Waals surface area (Å²) in [5.41, 5.74) is 0.761. The number of hydrogen-bond donors (Lipinski definition) is 2. The lowest BCUT2D eigenvalue weighted by Crippen LogP contribution is -2.20. The van der Waals surface area contributed by atoms with Crippen molar-refractivity contribution in [1.29, 1.82) is 0 Å². The third-order valence-corrected chi connectivity index (χ3v) is 4.38. The number of halogens is 1. The molecule has 2 aromatic heterocycles. The molecule has 2 N–H and O–H groups in total. The van der Waals surface area contributed by atoms with Gasteiger partial charge in [0.15, 0.2) is 5.82 Å². The summed E-state index contributed by atoms with van der Waals surface area (Å²) in [7, 11) is 0. The van der Waals surface area contributed by atoms with Crippen LogP contribution >= 0.6 is 11.6 Å². The minimum absolute atomic E-state index is 0.327. The molecule has 9 heteroatoms. The van der Waals surface area contributed by atoms with Crippen LogP contribution < -0.4 is 15.4 Å². The van der Waals surface area contributed by atoms with E-state index in [1.807, 2.05) is 10.9 Å². The number of ether oxygens (including phenoxy) is 2. The van der Waals surface area contributed by atoms with Crippen molar-refractivity contribution < 1.29 is 9.47 Å². The lowest BCUT2D eigenvalue weighted by atomic mass is 10.1. The molecule has 0 atom stereocenters. The Hall–Kier alpha value is -2.06. The van der Waals surface area contributed by atoms with E-state index >= 15 is 0 Å². The van der Waals surface area contributed by atoms with Gasteiger partial charge in [-0.05, 0) is 19.3 Å². The summed E-state index contributed by atoms with van der Waals surface area (Å²) in [6, 6.07) is 0.327. The van der Waals surface area contributed by atoms with Crippen LogP contribution in [0.1, 0.15) is 25.3 Å². The molecular formula is C15H19ClN6O2. The molecule has 0 aliphatic carbocycles. The molecule has 0 saturated carbocycles. The first-order chi connectivity index (χ1) is 11.8. The van der Waals surface area contributed by atoms with E-state index in [4.69, 9.17) is 21.1 Å². The minimum Gasteiger partial charge on any atom is -0.475 e. The highest BCUT2D eigenvalue weighted by Gasteiger charge is 2.21. The zero-order valence-corrected chi connectivity index (χ0v) is 13.9. The van der Waals surface area contributed by atoms with Crippen molar-refractivity contribution in [2.75, 3.05) is 37.0 Å². The average molecular weight is 351 g/mol. The van der Waals surface area contributed by atoms with Gasteiger partial charge in [-0.3, -0.25) is 4.68 Å². The van der Waals surface area contributed by atoms with Gasteiger partial charge in [0.05, 0.1) is 25.0 Å². The fourth-order valence-corrected chi connectivity index (χ4v) is 2.98. The zero-order valence-electron chi connectivity index (χ0n) is 13.2. The SMILES string of the molecule is Clc1cnc2nc1NCCCOc1nn(C3CCOCC3)cc1N2. The minimum atomic E-state index is 0.327. The first kappa shape index (κ1) is 15.5. The molecule has 128 valence electrons. The van der Waals surface area contributed by atoms with Crippen LogP contribution in [-0.4, -0.2) is 46.1 Å². The van der Waals surface area contributed by atoms with E-state index in [-0.39, 0.29) is 0 Å². The predicted octanol–water partition coefficient (Wildman–Crippen LogP) is 2.62. The lowest BCUT2D eigenvalue weighted by molar-refractivity contribution is 0.0658. The predicted molar refractivity (Wildman–Crippen MR) is 90.2 cm³/mol. The highest BCUT2D eigenvalue weighted by Crippen LogP contribution is 2.31. The normalized spacial score (nSPS) is 18.5. The van der Waals surface area contributed by atoms with E-state index in [9.17, 15) is 0 Å². The monoisotopic (exact) mass is 350 g/mol. The highest BCUT2D eigenvalue weighted by atomic mass is 35.5. The highest BCUT2D eigenvalue weighted by molar-refractivity contribution is 6.32. The van der Waals surface area contributed by atoms with Gasteiger partial charge in [-0.2, -0.15) is 4.98 Å². The van der Waals surface area contributed by atoms with Gasteiger partial charge >= 0.3 is 0 Å². The summed E-state index contributed by atoms with van der Waals surface area (Å²) in [5.74, 6) is 1.65.